The zero-order valence-corrected chi connectivity index (χ0v) is 18.8. The first-order valence-corrected chi connectivity index (χ1v) is 11.6. The fourth-order valence-electron chi connectivity index (χ4n) is 4.25. The van der Waals surface area contributed by atoms with Gasteiger partial charge in [0.05, 0.1) is 6.61 Å². The number of fused-ring (bicyclic) bond motifs is 1. The van der Waals surface area contributed by atoms with E-state index in [1.807, 2.05) is 54.6 Å². The van der Waals surface area contributed by atoms with Crippen LogP contribution in [0.5, 0.6) is 5.75 Å². The van der Waals surface area contributed by atoms with Gasteiger partial charge in [0, 0.05) is 24.4 Å². The number of nitrogens with one attached hydrogen (secondary N) is 2. The average Bonchev–Trinajstić information content (AvgIpc) is 2.86. The Morgan fingerprint density at radius 3 is 2.45 bits per heavy atom. The van der Waals surface area contributed by atoms with E-state index in [1.165, 1.54) is 5.39 Å². The van der Waals surface area contributed by atoms with Crippen LogP contribution in [0, 0.1) is 5.92 Å². The van der Waals surface area contributed by atoms with Crippen molar-refractivity contribution in [3.63, 3.8) is 0 Å². The lowest BCUT2D eigenvalue weighted by atomic mass is 9.96. The molecular formula is C27H31N3O3. The van der Waals surface area contributed by atoms with Crippen molar-refractivity contribution < 1.29 is 14.3 Å². The van der Waals surface area contributed by atoms with Gasteiger partial charge in [-0.05, 0) is 49.4 Å². The van der Waals surface area contributed by atoms with E-state index in [9.17, 15) is 9.59 Å². The fourth-order valence-corrected chi connectivity index (χ4v) is 4.25. The highest BCUT2D eigenvalue weighted by molar-refractivity contribution is 5.95. The lowest BCUT2D eigenvalue weighted by Crippen LogP contribution is -2.45. The van der Waals surface area contributed by atoms with Crippen LogP contribution in [-0.4, -0.2) is 43.1 Å². The molecule has 4 rings (SSSR count). The maximum atomic E-state index is 12.4. The Morgan fingerprint density at radius 2 is 1.64 bits per heavy atom. The minimum absolute atomic E-state index is 0.115. The second-order valence-corrected chi connectivity index (χ2v) is 8.45. The van der Waals surface area contributed by atoms with Crippen LogP contribution < -0.4 is 15.4 Å². The van der Waals surface area contributed by atoms with E-state index in [0.29, 0.717) is 13.2 Å². The molecule has 0 unspecified atom stereocenters. The Bertz CT molecular complexity index is 1060. The summed E-state index contributed by atoms with van der Waals surface area (Å²) in [6, 6.07) is 23.6. The van der Waals surface area contributed by atoms with Crippen molar-refractivity contribution in [1.82, 2.24) is 15.5 Å². The highest BCUT2D eigenvalue weighted by atomic mass is 16.5. The molecule has 1 saturated heterocycles. The molecule has 0 radical (unpaired) electrons. The number of hydrogen-bond acceptors (Lipinski definition) is 4. The number of hydrogen-bond donors (Lipinski definition) is 2. The van der Waals surface area contributed by atoms with Crippen LogP contribution in [-0.2, 0) is 11.3 Å². The Balaban J connectivity index is 1.12. The summed E-state index contributed by atoms with van der Waals surface area (Å²) in [5, 5.41) is 7.56. The number of nitrogens with zero attached hydrogens (tertiary/aromatic N) is 1. The number of carbonyl (C=O) groups excluding carboxylic acids is 2. The summed E-state index contributed by atoms with van der Waals surface area (Å²) in [5.74, 6) is 0.629. The lowest BCUT2D eigenvalue weighted by Gasteiger charge is -2.31. The predicted octanol–water partition coefficient (Wildman–Crippen LogP) is 4.35. The first-order valence-electron chi connectivity index (χ1n) is 11.6. The second kappa shape index (κ2) is 11.5. The van der Waals surface area contributed by atoms with Gasteiger partial charge >= 0.3 is 6.03 Å². The van der Waals surface area contributed by atoms with Crippen molar-refractivity contribution in [3.05, 3.63) is 78.4 Å². The molecule has 0 aromatic heterocycles. The van der Waals surface area contributed by atoms with E-state index >= 15 is 0 Å². The van der Waals surface area contributed by atoms with Crippen LogP contribution in [0.4, 0.5) is 4.79 Å². The van der Waals surface area contributed by atoms with Gasteiger partial charge in [0.2, 0.25) is 5.91 Å². The zero-order chi connectivity index (χ0) is 22.9. The van der Waals surface area contributed by atoms with Crippen molar-refractivity contribution in [3.8, 4) is 5.75 Å². The van der Waals surface area contributed by atoms with Gasteiger partial charge in [-0.3, -0.25) is 10.1 Å². The van der Waals surface area contributed by atoms with Gasteiger partial charge in [0.15, 0.2) is 0 Å². The lowest BCUT2D eigenvalue weighted by molar-refractivity contribution is -0.125. The SMILES string of the molecule is O=C(NCc1ccccc1)NC(=O)C1CCN(CCCOc2cccc3ccccc23)CC1. The van der Waals surface area contributed by atoms with Crippen LogP contribution in [0.2, 0.25) is 0 Å². The second-order valence-electron chi connectivity index (χ2n) is 8.45. The monoisotopic (exact) mass is 445 g/mol. The summed E-state index contributed by atoms with van der Waals surface area (Å²) < 4.78 is 6.03. The van der Waals surface area contributed by atoms with Crippen LogP contribution in [0.25, 0.3) is 10.8 Å². The molecule has 0 atom stereocenters. The van der Waals surface area contributed by atoms with Crippen molar-refractivity contribution in [1.29, 1.82) is 0 Å². The predicted molar refractivity (Wildman–Crippen MR) is 130 cm³/mol. The van der Waals surface area contributed by atoms with Crippen LogP contribution in [0.15, 0.2) is 72.8 Å². The van der Waals surface area contributed by atoms with E-state index in [0.717, 1.165) is 55.6 Å². The highest BCUT2D eigenvalue weighted by Crippen LogP contribution is 2.25. The highest BCUT2D eigenvalue weighted by Gasteiger charge is 2.25. The van der Waals surface area contributed by atoms with Crippen molar-refractivity contribution in [2.24, 2.45) is 5.92 Å². The number of rotatable bonds is 8. The molecule has 2 N–H and O–H groups in total. The molecule has 3 aromatic carbocycles. The number of benzene rings is 3. The van der Waals surface area contributed by atoms with Gasteiger partial charge in [0.1, 0.15) is 5.75 Å². The largest absolute Gasteiger partial charge is 0.493 e. The Hall–Kier alpha value is -3.38. The Labute approximate surface area is 194 Å². The molecule has 33 heavy (non-hydrogen) atoms. The molecule has 0 aliphatic carbocycles. The summed E-state index contributed by atoms with van der Waals surface area (Å²) in [4.78, 5) is 26.8. The minimum Gasteiger partial charge on any atom is -0.493 e. The number of carbonyl (C=O) groups is 2. The van der Waals surface area contributed by atoms with Gasteiger partial charge < -0.3 is 15.0 Å². The third kappa shape index (κ3) is 6.56. The molecule has 0 spiro atoms. The van der Waals surface area contributed by atoms with Crippen LogP contribution >= 0.6 is 0 Å². The summed E-state index contributed by atoms with van der Waals surface area (Å²) in [6.45, 7) is 3.72. The number of amides is 3. The third-order valence-electron chi connectivity index (χ3n) is 6.12. The van der Waals surface area contributed by atoms with Crippen molar-refractivity contribution >= 4 is 22.7 Å². The van der Waals surface area contributed by atoms with Gasteiger partial charge in [0.25, 0.3) is 0 Å². The molecule has 1 aliphatic heterocycles. The molecule has 0 bridgehead atoms. The first-order chi connectivity index (χ1) is 16.2. The van der Waals surface area contributed by atoms with Crippen molar-refractivity contribution in [2.75, 3.05) is 26.2 Å². The maximum Gasteiger partial charge on any atom is 0.321 e. The fraction of sp³-hybridized carbons (Fsp3) is 0.333. The van der Waals surface area contributed by atoms with E-state index in [2.05, 4.69) is 33.7 Å². The van der Waals surface area contributed by atoms with Gasteiger partial charge in [-0.2, -0.15) is 0 Å². The van der Waals surface area contributed by atoms with E-state index in [1.54, 1.807) is 0 Å². The van der Waals surface area contributed by atoms with Gasteiger partial charge in [-0.25, -0.2) is 4.79 Å². The Morgan fingerprint density at radius 1 is 0.909 bits per heavy atom. The molecule has 172 valence electrons. The quantitative estimate of drug-likeness (QED) is 0.506. The van der Waals surface area contributed by atoms with E-state index in [-0.39, 0.29) is 11.8 Å². The van der Waals surface area contributed by atoms with Gasteiger partial charge in [-0.15, -0.1) is 0 Å². The Kier molecular flexibility index (Phi) is 7.93. The molecule has 1 heterocycles. The minimum atomic E-state index is -0.433. The van der Waals surface area contributed by atoms with Gasteiger partial charge in [-0.1, -0.05) is 66.7 Å². The maximum absolute atomic E-state index is 12.4. The number of likely N-dealkylation sites (tertiary alicyclic amines) is 1. The molecule has 6 nitrogen and oxygen atoms in total. The van der Waals surface area contributed by atoms with E-state index < -0.39 is 6.03 Å². The number of imide groups is 1. The number of ether oxygens (including phenoxy) is 1. The number of piperidine rings is 1. The van der Waals surface area contributed by atoms with Crippen molar-refractivity contribution in [2.45, 2.75) is 25.8 Å². The van der Waals surface area contributed by atoms with Crippen LogP contribution in [0.1, 0.15) is 24.8 Å². The molecular weight excluding hydrogens is 414 g/mol. The summed E-state index contributed by atoms with van der Waals surface area (Å²) in [5.41, 5.74) is 0.998. The van der Waals surface area contributed by atoms with Crippen LogP contribution in [0.3, 0.4) is 0 Å². The molecule has 1 aliphatic rings. The average molecular weight is 446 g/mol. The third-order valence-corrected chi connectivity index (χ3v) is 6.12. The zero-order valence-electron chi connectivity index (χ0n) is 18.8. The topological polar surface area (TPSA) is 70.7 Å². The summed E-state index contributed by atoms with van der Waals surface area (Å²) in [6.07, 6.45) is 2.46. The first kappa shape index (κ1) is 22.8. The molecule has 6 heteroatoms. The normalized spacial score (nSPS) is 14.7. The summed E-state index contributed by atoms with van der Waals surface area (Å²) in [7, 11) is 0. The molecule has 1 fully saturated rings. The number of urea groups is 1. The summed E-state index contributed by atoms with van der Waals surface area (Å²) >= 11 is 0. The molecule has 3 amide bonds. The smallest absolute Gasteiger partial charge is 0.321 e. The standard InChI is InChI=1S/C27H31N3O3/c31-26(29-27(32)28-20-21-8-2-1-3-9-21)23-14-17-30(18-15-23)16-7-19-33-25-13-6-11-22-10-4-5-12-24(22)25/h1-6,8-13,23H,7,14-20H2,(H2,28,29,31,32). The van der Waals surface area contributed by atoms with E-state index in [4.69, 9.17) is 4.74 Å². The molecule has 3 aromatic rings. The molecule has 0 saturated carbocycles.